The fourth-order valence-electron chi connectivity index (χ4n) is 3.32. The summed E-state index contributed by atoms with van der Waals surface area (Å²) < 4.78 is 0. The molecular weight excluding hydrogens is 334 g/mol. The molecule has 2 N–H and O–H groups in total. The Balaban J connectivity index is 2.08. The molecule has 0 aromatic heterocycles. The maximum absolute atomic E-state index is 12.5. The molecule has 2 unspecified atom stereocenters. The molecule has 1 aliphatic rings. The first kappa shape index (κ1) is 19.8. The first-order valence-electron chi connectivity index (χ1n) is 9.03. The summed E-state index contributed by atoms with van der Waals surface area (Å²) in [4.78, 5) is 39.5. The van der Waals surface area contributed by atoms with Crippen LogP contribution in [0.1, 0.15) is 37.6 Å². The molecule has 0 bridgehead atoms. The van der Waals surface area contributed by atoms with Crippen LogP contribution in [0.5, 0.6) is 0 Å². The minimum Gasteiger partial charge on any atom is -0.481 e. The molecule has 7 heteroatoms. The number of nitrogens with zero attached hydrogens (tertiary/aromatic N) is 2. The molecule has 2 atom stereocenters. The van der Waals surface area contributed by atoms with Gasteiger partial charge in [0, 0.05) is 37.4 Å². The summed E-state index contributed by atoms with van der Waals surface area (Å²) in [6.07, 6.45) is 0.576. The number of carboxylic acids is 1. The molecule has 1 aromatic carbocycles. The van der Waals surface area contributed by atoms with Crippen LogP contribution in [-0.2, 0) is 4.79 Å². The van der Waals surface area contributed by atoms with Gasteiger partial charge in [-0.25, -0.2) is 4.79 Å². The van der Waals surface area contributed by atoms with Gasteiger partial charge in [-0.15, -0.1) is 0 Å². The van der Waals surface area contributed by atoms with E-state index in [-0.39, 0.29) is 24.4 Å². The maximum atomic E-state index is 12.5. The Labute approximate surface area is 154 Å². The lowest BCUT2D eigenvalue weighted by molar-refractivity contribution is -0.143. The standard InChI is InChI=1S/C19H27N3O4/c1-4-21(5-2)17(23)14-7-6-8-16(10-14)20-19(26)22-11-13(3)9-15(12-22)18(24)25/h6-8,10,13,15H,4-5,9,11-12H2,1-3H3,(H,20,26)(H,24,25). The number of rotatable bonds is 5. The van der Waals surface area contributed by atoms with Gasteiger partial charge in [0.15, 0.2) is 0 Å². The normalized spacial score (nSPS) is 19.7. The van der Waals surface area contributed by atoms with Gasteiger partial charge in [0.2, 0.25) is 0 Å². The maximum Gasteiger partial charge on any atom is 0.321 e. The molecule has 0 spiro atoms. The first-order chi connectivity index (χ1) is 12.3. The van der Waals surface area contributed by atoms with E-state index in [9.17, 15) is 19.5 Å². The number of urea groups is 1. The van der Waals surface area contributed by atoms with E-state index in [0.717, 1.165) is 0 Å². The van der Waals surface area contributed by atoms with Crippen LogP contribution in [-0.4, -0.2) is 59.0 Å². The molecule has 7 nitrogen and oxygen atoms in total. The Hall–Kier alpha value is -2.57. The third-order valence-electron chi connectivity index (χ3n) is 4.71. The molecule has 1 saturated heterocycles. The molecule has 0 radical (unpaired) electrons. The summed E-state index contributed by atoms with van der Waals surface area (Å²) >= 11 is 0. The molecule has 142 valence electrons. The van der Waals surface area contributed by atoms with Crippen molar-refractivity contribution in [2.75, 3.05) is 31.5 Å². The average Bonchev–Trinajstić information content (AvgIpc) is 2.62. The van der Waals surface area contributed by atoms with Crippen molar-refractivity contribution in [1.29, 1.82) is 0 Å². The van der Waals surface area contributed by atoms with Crippen molar-refractivity contribution in [2.24, 2.45) is 11.8 Å². The molecule has 1 aromatic rings. The number of hydrogen-bond acceptors (Lipinski definition) is 3. The van der Waals surface area contributed by atoms with Gasteiger partial charge in [-0.3, -0.25) is 9.59 Å². The number of amides is 3. The number of carboxylic acid groups (broad SMARTS) is 1. The van der Waals surface area contributed by atoms with Crippen LogP contribution in [0, 0.1) is 11.8 Å². The second-order valence-electron chi connectivity index (χ2n) is 6.77. The predicted octanol–water partition coefficient (Wildman–Crippen LogP) is 2.74. The van der Waals surface area contributed by atoms with Gasteiger partial charge in [0.05, 0.1) is 5.92 Å². The Bertz CT molecular complexity index is 673. The molecule has 2 rings (SSSR count). The molecular formula is C19H27N3O4. The number of carbonyl (C=O) groups is 3. The van der Waals surface area contributed by atoms with Crippen molar-refractivity contribution in [3.8, 4) is 0 Å². The Morgan fingerprint density at radius 2 is 1.92 bits per heavy atom. The van der Waals surface area contributed by atoms with Crippen molar-refractivity contribution in [2.45, 2.75) is 27.2 Å². The van der Waals surface area contributed by atoms with Gasteiger partial charge < -0.3 is 20.2 Å². The van der Waals surface area contributed by atoms with Crippen molar-refractivity contribution in [1.82, 2.24) is 9.80 Å². The molecule has 26 heavy (non-hydrogen) atoms. The molecule has 0 aliphatic carbocycles. The van der Waals surface area contributed by atoms with Crippen LogP contribution in [0.25, 0.3) is 0 Å². The SMILES string of the molecule is CCN(CC)C(=O)c1cccc(NC(=O)N2CC(C)CC(C(=O)O)C2)c1. The van der Waals surface area contributed by atoms with Gasteiger partial charge in [-0.2, -0.15) is 0 Å². The van der Waals surface area contributed by atoms with Crippen molar-refractivity contribution < 1.29 is 19.5 Å². The summed E-state index contributed by atoms with van der Waals surface area (Å²) in [5, 5.41) is 12.0. The predicted molar refractivity (Wildman–Crippen MR) is 99.2 cm³/mol. The second kappa shape index (κ2) is 8.69. The highest BCUT2D eigenvalue weighted by Gasteiger charge is 2.32. The molecule has 1 aliphatic heterocycles. The fourth-order valence-corrected chi connectivity index (χ4v) is 3.32. The quantitative estimate of drug-likeness (QED) is 0.844. The number of anilines is 1. The molecule has 3 amide bonds. The third-order valence-corrected chi connectivity index (χ3v) is 4.71. The smallest absolute Gasteiger partial charge is 0.321 e. The number of nitrogens with one attached hydrogen (secondary N) is 1. The van der Waals surface area contributed by atoms with E-state index in [4.69, 9.17) is 0 Å². The van der Waals surface area contributed by atoms with E-state index >= 15 is 0 Å². The van der Waals surface area contributed by atoms with Crippen LogP contribution in [0.4, 0.5) is 10.5 Å². The number of hydrogen-bond donors (Lipinski definition) is 2. The van der Waals surface area contributed by atoms with E-state index in [1.165, 1.54) is 4.90 Å². The van der Waals surface area contributed by atoms with Gasteiger partial charge in [0.1, 0.15) is 0 Å². The van der Waals surface area contributed by atoms with Gasteiger partial charge in [-0.1, -0.05) is 13.0 Å². The van der Waals surface area contributed by atoms with Crippen LogP contribution in [0.3, 0.4) is 0 Å². The van der Waals surface area contributed by atoms with Crippen molar-refractivity contribution in [3.05, 3.63) is 29.8 Å². The summed E-state index contributed by atoms with van der Waals surface area (Å²) in [5.74, 6) is -1.36. The first-order valence-corrected chi connectivity index (χ1v) is 9.03. The van der Waals surface area contributed by atoms with Crippen LogP contribution >= 0.6 is 0 Å². The fraction of sp³-hybridized carbons (Fsp3) is 0.526. The lowest BCUT2D eigenvalue weighted by Crippen LogP contribution is -2.47. The number of likely N-dealkylation sites (tertiary alicyclic amines) is 1. The third kappa shape index (κ3) is 4.74. The monoisotopic (exact) mass is 361 g/mol. The largest absolute Gasteiger partial charge is 0.481 e. The molecule has 1 heterocycles. The summed E-state index contributed by atoms with van der Waals surface area (Å²) in [6, 6.07) is 6.49. The lowest BCUT2D eigenvalue weighted by atomic mass is 9.91. The number of aliphatic carboxylic acids is 1. The topological polar surface area (TPSA) is 90.0 Å². The number of piperidine rings is 1. The molecule has 0 saturated carbocycles. The zero-order chi connectivity index (χ0) is 19.3. The van der Waals surface area contributed by atoms with Gasteiger partial charge in [0.25, 0.3) is 5.91 Å². The van der Waals surface area contributed by atoms with Crippen LogP contribution in [0.15, 0.2) is 24.3 Å². The highest BCUT2D eigenvalue weighted by atomic mass is 16.4. The molecule has 1 fully saturated rings. The average molecular weight is 361 g/mol. The van der Waals surface area contributed by atoms with Crippen molar-refractivity contribution >= 4 is 23.6 Å². The minimum atomic E-state index is -0.874. The van der Waals surface area contributed by atoms with Crippen molar-refractivity contribution in [3.63, 3.8) is 0 Å². The van der Waals surface area contributed by atoms with E-state index in [1.807, 2.05) is 20.8 Å². The van der Waals surface area contributed by atoms with Gasteiger partial charge >= 0.3 is 12.0 Å². The Morgan fingerprint density at radius 3 is 2.54 bits per heavy atom. The summed E-state index contributed by atoms with van der Waals surface area (Å²) in [7, 11) is 0. The van der Waals surface area contributed by atoms with E-state index < -0.39 is 11.9 Å². The van der Waals surface area contributed by atoms with Gasteiger partial charge in [-0.05, 0) is 44.4 Å². The zero-order valence-corrected chi connectivity index (χ0v) is 15.6. The minimum absolute atomic E-state index is 0.0800. The van der Waals surface area contributed by atoms with Crippen LogP contribution in [0.2, 0.25) is 0 Å². The van der Waals surface area contributed by atoms with Crippen LogP contribution < -0.4 is 5.32 Å². The Morgan fingerprint density at radius 1 is 1.23 bits per heavy atom. The highest BCUT2D eigenvalue weighted by Crippen LogP contribution is 2.23. The lowest BCUT2D eigenvalue weighted by Gasteiger charge is -2.34. The number of benzene rings is 1. The second-order valence-corrected chi connectivity index (χ2v) is 6.77. The summed E-state index contributed by atoms with van der Waals surface area (Å²) in [5.41, 5.74) is 1.04. The Kier molecular flexibility index (Phi) is 6.60. The van der Waals surface area contributed by atoms with E-state index in [1.54, 1.807) is 29.2 Å². The van der Waals surface area contributed by atoms with E-state index in [2.05, 4.69) is 5.32 Å². The number of carbonyl (C=O) groups excluding carboxylic acids is 2. The summed E-state index contributed by atoms with van der Waals surface area (Å²) in [6.45, 7) is 7.74. The zero-order valence-electron chi connectivity index (χ0n) is 15.6. The van der Waals surface area contributed by atoms with E-state index in [0.29, 0.717) is 37.3 Å². The highest BCUT2D eigenvalue weighted by molar-refractivity contribution is 5.97.